The van der Waals surface area contributed by atoms with Gasteiger partial charge in [-0.15, -0.1) is 11.3 Å². The molecule has 3 heteroatoms. The van der Waals surface area contributed by atoms with Crippen LogP contribution >= 0.6 is 11.3 Å². The Morgan fingerprint density at radius 1 is 1.26 bits per heavy atom. The van der Waals surface area contributed by atoms with Crippen molar-refractivity contribution >= 4 is 11.3 Å². The predicted octanol–water partition coefficient (Wildman–Crippen LogP) is 4.74. The lowest BCUT2D eigenvalue weighted by Crippen LogP contribution is -2.17. The average Bonchev–Trinajstić information content (AvgIpc) is 2.89. The van der Waals surface area contributed by atoms with Gasteiger partial charge in [-0.25, -0.2) is 4.98 Å². The molecule has 2 nitrogen and oxygen atoms in total. The van der Waals surface area contributed by atoms with Crippen LogP contribution in [-0.4, -0.2) is 11.5 Å². The number of hydrogen-bond donors (Lipinski definition) is 1. The van der Waals surface area contributed by atoms with E-state index in [4.69, 9.17) is 4.98 Å². The summed E-state index contributed by atoms with van der Waals surface area (Å²) in [5, 5.41) is 4.85. The normalized spacial score (nSPS) is 25.7. The van der Waals surface area contributed by atoms with Crippen molar-refractivity contribution in [1.82, 2.24) is 10.3 Å². The standard InChI is InChI=1S/C16H28N2S/c1-5-17-12(4)15-10-18-16(19-15)14-8-6-13(7-9-14)11(2)3/h10-14,17H,5-9H2,1-4H3. The number of hydrogen-bond acceptors (Lipinski definition) is 3. The first-order valence-corrected chi connectivity index (χ1v) is 8.62. The summed E-state index contributed by atoms with van der Waals surface area (Å²) in [5.41, 5.74) is 0. The Labute approximate surface area is 122 Å². The summed E-state index contributed by atoms with van der Waals surface area (Å²) in [6.45, 7) is 10.1. The Kier molecular flexibility index (Phi) is 5.40. The molecule has 108 valence electrons. The third kappa shape index (κ3) is 3.79. The zero-order valence-corrected chi connectivity index (χ0v) is 13.6. The van der Waals surface area contributed by atoms with E-state index >= 15 is 0 Å². The molecule has 0 bridgehead atoms. The van der Waals surface area contributed by atoms with Crippen LogP contribution in [-0.2, 0) is 0 Å². The lowest BCUT2D eigenvalue weighted by molar-refractivity contribution is 0.258. The molecule has 1 aliphatic rings. The van der Waals surface area contributed by atoms with Crippen molar-refractivity contribution in [2.24, 2.45) is 11.8 Å². The van der Waals surface area contributed by atoms with Crippen LogP contribution in [0.15, 0.2) is 6.20 Å². The Bertz CT molecular complexity index is 378. The van der Waals surface area contributed by atoms with Crippen molar-refractivity contribution in [2.45, 2.75) is 65.3 Å². The summed E-state index contributed by atoms with van der Waals surface area (Å²) < 4.78 is 0. The second kappa shape index (κ2) is 6.85. The quantitative estimate of drug-likeness (QED) is 0.842. The van der Waals surface area contributed by atoms with Gasteiger partial charge in [-0.05, 0) is 51.0 Å². The van der Waals surface area contributed by atoms with Crippen molar-refractivity contribution in [2.75, 3.05) is 6.54 Å². The first kappa shape index (κ1) is 15.0. The lowest BCUT2D eigenvalue weighted by Gasteiger charge is -2.29. The van der Waals surface area contributed by atoms with Gasteiger partial charge < -0.3 is 5.32 Å². The van der Waals surface area contributed by atoms with E-state index in [-0.39, 0.29) is 0 Å². The molecule has 1 aliphatic carbocycles. The molecule has 1 saturated carbocycles. The monoisotopic (exact) mass is 280 g/mol. The van der Waals surface area contributed by atoms with Crippen LogP contribution in [0.4, 0.5) is 0 Å². The fraction of sp³-hybridized carbons (Fsp3) is 0.812. The van der Waals surface area contributed by atoms with Crippen LogP contribution < -0.4 is 5.32 Å². The Morgan fingerprint density at radius 3 is 2.53 bits per heavy atom. The molecule has 1 heterocycles. The van der Waals surface area contributed by atoms with Crippen molar-refractivity contribution < 1.29 is 0 Å². The van der Waals surface area contributed by atoms with E-state index in [1.165, 1.54) is 35.6 Å². The van der Waals surface area contributed by atoms with Crippen molar-refractivity contribution in [1.29, 1.82) is 0 Å². The number of nitrogens with zero attached hydrogens (tertiary/aromatic N) is 1. The zero-order chi connectivity index (χ0) is 13.8. The minimum Gasteiger partial charge on any atom is -0.310 e. The number of rotatable bonds is 5. The smallest absolute Gasteiger partial charge is 0.0959 e. The average molecular weight is 280 g/mol. The van der Waals surface area contributed by atoms with Crippen LogP contribution in [0, 0.1) is 11.8 Å². The van der Waals surface area contributed by atoms with Gasteiger partial charge in [0.2, 0.25) is 0 Å². The molecule has 0 spiro atoms. The molecule has 0 radical (unpaired) electrons. The number of aromatic nitrogens is 1. The summed E-state index contributed by atoms with van der Waals surface area (Å²) in [4.78, 5) is 6.08. The van der Waals surface area contributed by atoms with Gasteiger partial charge in [-0.1, -0.05) is 20.8 Å². The van der Waals surface area contributed by atoms with E-state index in [0.717, 1.165) is 24.3 Å². The molecule has 1 N–H and O–H groups in total. The van der Waals surface area contributed by atoms with E-state index in [0.29, 0.717) is 6.04 Å². The molecule has 19 heavy (non-hydrogen) atoms. The van der Waals surface area contributed by atoms with Crippen LogP contribution in [0.25, 0.3) is 0 Å². The van der Waals surface area contributed by atoms with Crippen molar-refractivity contribution in [3.63, 3.8) is 0 Å². The fourth-order valence-electron chi connectivity index (χ4n) is 3.13. The topological polar surface area (TPSA) is 24.9 Å². The Hall–Kier alpha value is -0.410. The molecule has 0 amide bonds. The second-order valence-electron chi connectivity index (χ2n) is 6.24. The highest BCUT2D eigenvalue weighted by molar-refractivity contribution is 7.11. The van der Waals surface area contributed by atoms with E-state index < -0.39 is 0 Å². The predicted molar refractivity (Wildman–Crippen MR) is 83.7 cm³/mol. The highest BCUT2D eigenvalue weighted by atomic mass is 32.1. The first-order valence-electron chi connectivity index (χ1n) is 7.80. The van der Waals surface area contributed by atoms with Gasteiger partial charge in [0.15, 0.2) is 0 Å². The fourth-order valence-corrected chi connectivity index (χ4v) is 4.24. The maximum atomic E-state index is 4.69. The van der Waals surface area contributed by atoms with E-state index in [1.807, 2.05) is 11.3 Å². The number of thiazole rings is 1. The molecule has 0 saturated heterocycles. The molecule has 1 aromatic rings. The molecule has 1 aromatic heterocycles. The summed E-state index contributed by atoms with van der Waals surface area (Å²) >= 11 is 1.92. The van der Waals surface area contributed by atoms with Crippen LogP contribution in [0.2, 0.25) is 0 Å². The highest BCUT2D eigenvalue weighted by Crippen LogP contribution is 2.40. The van der Waals surface area contributed by atoms with Gasteiger partial charge in [0, 0.05) is 23.0 Å². The second-order valence-corrected chi connectivity index (χ2v) is 7.33. The maximum Gasteiger partial charge on any atom is 0.0959 e. The third-order valence-electron chi connectivity index (χ3n) is 4.54. The van der Waals surface area contributed by atoms with Gasteiger partial charge in [0.1, 0.15) is 0 Å². The minimum absolute atomic E-state index is 0.447. The SMILES string of the molecule is CCNC(C)c1cnc(C2CCC(C(C)C)CC2)s1. The zero-order valence-electron chi connectivity index (χ0n) is 12.8. The van der Waals surface area contributed by atoms with Crippen molar-refractivity contribution in [3.8, 4) is 0 Å². The summed E-state index contributed by atoms with van der Waals surface area (Å²) in [6, 6.07) is 0.447. The summed E-state index contributed by atoms with van der Waals surface area (Å²) in [7, 11) is 0. The van der Waals surface area contributed by atoms with E-state index in [1.54, 1.807) is 0 Å². The van der Waals surface area contributed by atoms with Crippen LogP contribution in [0.5, 0.6) is 0 Å². The van der Waals surface area contributed by atoms with Gasteiger partial charge in [0.05, 0.1) is 5.01 Å². The van der Waals surface area contributed by atoms with Gasteiger partial charge in [0.25, 0.3) is 0 Å². The molecule has 1 fully saturated rings. The lowest BCUT2D eigenvalue weighted by atomic mass is 9.77. The minimum atomic E-state index is 0.447. The van der Waals surface area contributed by atoms with E-state index in [2.05, 4.69) is 39.2 Å². The molecule has 1 unspecified atom stereocenters. The van der Waals surface area contributed by atoms with E-state index in [9.17, 15) is 0 Å². The van der Waals surface area contributed by atoms with Crippen LogP contribution in [0.1, 0.15) is 75.2 Å². The van der Waals surface area contributed by atoms with Gasteiger partial charge >= 0.3 is 0 Å². The molecular formula is C16H28N2S. The molecular weight excluding hydrogens is 252 g/mol. The molecule has 2 rings (SSSR count). The Morgan fingerprint density at radius 2 is 1.95 bits per heavy atom. The van der Waals surface area contributed by atoms with Crippen LogP contribution in [0.3, 0.4) is 0 Å². The number of nitrogens with one attached hydrogen (secondary N) is 1. The maximum absolute atomic E-state index is 4.69. The molecule has 0 aromatic carbocycles. The van der Waals surface area contributed by atoms with Crippen molar-refractivity contribution in [3.05, 3.63) is 16.1 Å². The largest absolute Gasteiger partial charge is 0.310 e. The highest BCUT2D eigenvalue weighted by Gasteiger charge is 2.26. The molecule has 1 atom stereocenters. The van der Waals surface area contributed by atoms with Gasteiger partial charge in [-0.3, -0.25) is 0 Å². The summed E-state index contributed by atoms with van der Waals surface area (Å²) in [5.74, 6) is 2.51. The first-order chi connectivity index (χ1) is 9.11. The molecule has 0 aliphatic heterocycles. The van der Waals surface area contributed by atoms with Gasteiger partial charge in [-0.2, -0.15) is 0 Å². The Balaban J connectivity index is 1.93. The summed E-state index contributed by atoms with van der Waals surface area (Å²) in [6.07, 6.45) is 7.54. The third-order valence-corrected chi connectivity index (χ3v) is 5.88.